The predicted molar refractivity (Wildman–Crippen MR) is 92.1 cm³/mol. The molecule has 2 rings (SSSR count). The zero-order chi connectivity index (χ0) is 18.0. The van der Waals surface area contributed by atoms with Gasteiger partial charge in [0.2, 0.25) is 10.0 Å². The summed E-state index contributed by atoms with van der Waals surface area (Å²) in [5, 5.41) is 2.80. The van der Waals surface area contributed by atoms with Crippen LogP contribution in [0.3, 0.4) is 0 Å². The Bertz CT molecular complexity index is 816. The summed E-state index contributed by atoms with van der Waals surface area (Å²) in [6, 6.07) is 6.81. The molecule has 24 heavy (non-hydrogen) atoms. The van der Waals surface area contributed by atoms with E-state index < -0.39 is 25.4 Å². The van der Waals surface area contributed by atoms with Crippen LogP contribution in [0.15, 0.2) is 24.3 Å². The average molecular weight is 374 g/mol. The molecule has 0 saturated carbocycles. The van der Waals surface area contributed by atoms with Crippen LogP contribution in [0.2, 0.25) is 0 Å². The molecule has 0 spiro atoms. The molecule has 0 aromatic heterocycles. The Morgan fingerprint density at radius 2 is 1.88 bits per heavy atom. The van der Waals surface area contributed by atoms with Gasteiger partial charge in [-0.1, -0.05) is 12.1 Å². The standard InChI is InChI=1S/C15H22N2O5S2/c1-15(8-10-24(21,22)11-15)17-14(18)13-5-3-12(4-6-13)7-9-16-23(2,19)20/h3-6,16H,7-11H2,1-2H3,(H,17,18)/t15-/m0/s1. The maximum Gasteiger partial charge on any atom is 0.251 e. The SMILES string of the molecule is C[C@]1(NC(=O)c2ccc(CCNS(C)(=O)=O)cc2)CCS(=O)(=O)C1. The van der Waals surface area contributed by atoms with E-state index >= 15 is 0 Å². The number of benzene rings is 1. The third-order valence-corrected chi connectivity index (χ3v) is 6.54. The molecule has 1 saturated heterocycles. The fraction of sp³-hybridized carbons (Fsp3) is 0.533. The van der Waals surface area contributed by atoms with Crippen LogP contribution in [-0.4, -0.2) is 52.6 Å². The van der Waals surface area contributed by atoms with Crippen molar-refractivity contribution in [1.29, 1.82) is 0 Å². The molecule has 1 atom stereocenters. The van der Waals surface area contributed by atoms with E-state index in [0.29, 0.717) is 24.9 Å². The third kappa shape index (κ3) is 5.57. The Balaban J connectivity index is 1.94. The Morgan fingerprint density at radius 3 is 2.38 bits per heavy atom. The highest BCUT2D eigenvalue weighted by Crippen LogP contribution is 2.23. The first-order valence-corrected chi connectivity index (χ1v) is 11.3. The lowest BCUT2D eigenvalue weighted by Crippen LogP contribution is -2.46. The van der Waals surface area contributed by atoms with Gasteiger partial charge < -0.3 is 5.32 Å². The summed E-state index contributed by atoms with van der Waals surface area (Å²) >= 11 is 0. The van der Waals surface area contributed by atoms with Gasteiger partial charge in [0.1, 0.15) is 0 Å². The molecule has 134 valence electrons. The van der Waals surface area contributed by atoms with Gasteiger partial charge in [0.15, 0.2) is 9.84 Å². The molecule has 1 fully saturated rings. The minimum absolute atomic E-state index is 0.0407. The van der Waals surface area contributed by atoms with Crippen molar-refractivity contribution in [2.75, 3.05) is 24.3 Å². The fourth-order valence-corrected chi connectivity index (χ4v) is 5.22. The molecule has 9 heteroatoms. The average Bonchev–Trinajstić information content (AvgIpc) is 2.71. The van der Waals surface area contributed by atoms with Crippen LogP contribution in [0.4, 0.5) is 0 Å². The van der Waals surface area contributed by atoms with Crippen LogP contribution in [0, 0.1) is 0 Å². The van der Waals surface area contributed by atoms with Gasteiger partial charge in [-0.15, -0.1) is 0 Å². The maximum absolute atomic E-state index is 12.3. The lowest BCUT2D eigenvalue weighted by molar-refractivity contribution is 0.0915. The van der Waals surface area contributed by atoms with Crippen molar-refractivity contribution in [3.8, 4) is 0 Å². The van der Waals surface area contributed by atoms with Crippen molar-refractivity contribution in [3.63, 3.8) is 0 Å². The second kappa shape index (κ2) is 6.81. The van der Waals surface area contributed by atoms with Gasteiger partial charge >= 0.3 is 0 Å². The third-order valence-electron chi connectivity index (χ3n) is 3.91. The van der Waals surface area contributed by atoms with Gasteiger partial charge in [0.05, 0.1) is 23.3 Å². The molecular weight excluding hydrogens is 352 g/mol. The molecule has 1 aliphatic rings. The van der Waals surface area contributed by atoms with Gasteiger partial charge in [-0.3, -0.25) is 4.79 Å². The minimum atomic E-state index is -3.21. The quantitative estimate of drug-likeness (QED) is 0.733. The van der Waals surface area contributed by atoms with E-state index in [1.807, 2.05) is 0 Å². The van der Waals surface area contributed by atoms with Gasteiger partial charge in [-0.25, -0.2) is 21.6 Å². The Kier molecular flexibility index (Phi) is 5.36. The molecule has 1 amide bonds. The number of carbonyl (C=O) groups excluding carboxylic acids is 1. The van der Waals surface area contributed by atoms with Crippen LogP contribution in [0.5, 0.6) is 0 Å². The molecule has 0 bridgehead atoms. The van der Waals surface area contributed by atoms with Crippen molar-refractivity contribution >= 4 is 25.8 Å². The molecular formula is C15H22N2O5S2. The van der Waals surface area contributed by atoms with Crippen molar-refractivity contribution in [2.24, 2.45) is 0 Å². The van der Waals surface area contributed by atoms with Gasteiger partial charge in [0, 0.05) is 12.1 Å². The zero-order valence-corrected chi connectivity index (χ0v) is 15.3. The van der Waals surface area contributed by atoms with Crippen LogP contribution < -0.4 is 10.0 Å². The number of amides is 1. The summed E-state index contributed by atoms with van der Waals surface area (Å²) in [6.45, 7) is 2.03. The van der Waals surface area contributed by atoms with Crippen molar-refractivity contribution in [3.05, 3.63) is 35.4 Å². The molecule has 7 nitrogen and oxygen atoms in total. The first-order chi connectivity index (χ1) is 11.0. The van der Waals surface area contributed by atoms with E-state index in [9.17, 15) is 21.6 Å². The molecule has 0 radical (unpaired) electrons. The first-order valence-electron chi connectivity index (χ1n) is 7.55. The van der Waals surface area contributed by atoms with Gasteiger partial charge in [-0.05, 0) is 37.5 Å². The highest BCUT2D eigenvalue weighted by molar-refractivity contribution is 7.91. The summed E-state index contributed by atoms with van der Waals surface area (Å²) < 4.78 is 47.6. The second-order valence-electron chi connectivity index (χ2n) is 6.47. The summed E-state index contributed by atoms with van der Waals surface area (Å²) in [4.78, 5) is 12.3. The van der Waals surface area contributed by atoms with E-state index in [0.717, 1.165) is 11.8 Å². The summed E-state index contributed by atoms with van der Waals surface area (Å²) in [7, 11) is -6.29. The zero-order valence-electron chi connectivity index (χ0n) is 13.7. The van der Waals surface area contributed by atoms with Crippen molar-refractivity contribution in [2.45, 2.75) is 25.3 Å². The molecule has 1 aliphatic heterocycles. The highest BCUT2D eigenvalue weighted by atomic mass is 32.2. The van der Waals surface area contributed by atoms with E-state index in [1.165, 1.54) is 0 Å². The van der Waals surface area contributed by atoms with Gasteiger partial charge in [0.25, 0.3) is 5.91 Å². The number of rotatable bonds is 6. The Morgan fingerprint density at radius 1 is 1.25 bits per heavy atom. The molecule has 1 aromatic rings. The molecule has 0 unspecified atom stereocenters. The Hall–Kier alpha value is -1.45. The highest BCUT2D eigenvalue weighted by Gasteiger charge is 2.39. The molecule has 0 aliphatic carbocycles. The topological polar surface area (TPSA) is 109 Å². The fourth-order valence-electron chi connectivity index (χ4n) is 2.66. The van der Waals surface area contributed by atoms with E-state index in [1.54, 1.807) is 31.2 Å². The van der Waals surface area contributed by atoms with Crippen molar-refractivity contribution in [1.82, 2.24) is 10.0 Å². The normalized spacial score (nSPS) is 23.1. The van der Waals surface area contributed by atoms with Crippen molar-refractivity contribution < 1.29 is 21.6 Å². The van der Waals surface area contributed by atoms with E-state index in [2.05, 4.69) is 10.0 Å². The van der Waals surface area contributed by atoms with Crippen LogP contribution in [0.25, 0.3) is 0 Å². The summed E-state index contributed by atoms with van der Waals surface area (Å²) in [5.74, 6) is -0.257. The van der Waals surface area contributed by atoms with Crippen LogP contribution in [0.1, 0.15) is 29.3 Å². The lowest BCUT2D eigenvalue weighted by Gasteiger charge is -2.23. The molecule has 1 heterocycles. The monoisotopic (exact) mass is 374 g/mol. The van der Waals surface area contributed by atoms with Crippen LogP contribution in [-0.2, 0) is 26.3 Å². The Labute approximate surface area is 142 Å². The van der Waals surface area contributed by atoms with Crippen LogP contribution >= 0.6 is 0 Å². The van der Waals surface area contributed by atoms with E-state index in [-0.39, 0.29) is 17.4 Å². The lowest BCUT2D eigenvalue weighted by atomic mass is 10.0. The molecule has 2 N–H and O–H groups in total. The molecule has 1 aromatic carbocycles. The van der Waals surface area contributed by atoms with E-state index in [4.69, 9.17) is 0 Å². The summed E-state index contributed by atoms with van der Waals surface area (Å²) in [6.07, 6.45) is 2.03. The maximum atomic E-state index is 12.3. The van der Waals surface area contributed by atoms with Gasteiger partial charge in [-0.2, -0.15) is 0 Å². The number of carbonyl (C=O) groups is 1. The second-order valence-corrected chi connectivity index (χ2v) is 10.5. The number of sulfone groups is 1. The number of sulfonamides is 1. The summed E-state index contributed by atoms with van der Waals surface area (Å²) in [5.41, 5.74) is 0.617. The minimum Gasteiger partial charge on any atom is -0.346 e. The smallest absolute Gasteiger partial charge is 0.251 e. The largest absolute Gasteiger partial charge is 0.346 e. The number of nitrogens with one attached hydrogen (secondary N) is 2. The number of hydrogen-bond donors (Lipinski definition) is 2. The first kappa shape index (κ1) is 18.9. The number of hydrogen-bond acceptors (Lipinski definition) is 5. The predicted octanol–water partition coefficient (Wildman–Crippen LogP) is 0.0853.